The molecule has 0 unspecified atom stereocenters. The highest BCUT2D eigenvalue weighted by Gasteiger charge is 2.33. The minimum atomic E-state index is -0.756. The number of hydrogen-bond donors (Lipinski definition) is 0. The van der Waals surface area contributed by atoms with Crippen LogP contribution in [-0.2, 0) is 19.2 Å². The zero-order chi connectivity index (χ0) is 17.7. The van der Waals surface area contributed by atoms with Gasteiger partial charge in [0, 0.05) is 25.1 Å². The predicted molar refractivity (Wildman–Crippen MR) is 85.9 cm³/mol. The van der Waals surface area contributed by atoms with Crippen LogP contribution in [0.4, 0.5) is 4.39 Å². The predicted octanol–water partition coefficient (Wildman–Crippen LogP) is 1.98. The molecule has 24 heavy (non-hydrogen) atoms. The van der Waals surface area contributed by atoms with Gasteiger partial charge < -0.3 is 14.5 Å². The molecular formula is C17H21FN2O4. The van der Waals surface area contributed by atoms with E-state index in [0.717, 1.165) is 0 Å². The summed E-state index contributed by atoms with van der Waals surface area (Å²) in [4.78, 5) is 30.9. The number of rotatable bonds is 6. The fraction of sp³-hybridized carbons (Fsp3) is 0.471. The standard InChI is InChI=1S/C17H21FN2O4/c1-4-20(10-11(2)17(22)23-3)16(21)15-9-14(19-24-15)12-6-5-7-13(18)8-12/h5-8,11,15H,4,9-10H2,1-3H3/t11-,15+/m0/s1. The Hall–Kier alpha value is -2.44. The molecule has 1 aliphatic rings. The maximum Gasteiger partial charge on any atom is 0.310 e. The SMILES string of the molecule is CCN(C[C@H](C)C(=O)OC)C(=O)[C@H]1CC(c2cccc(F)c2)=NO1. The van der Waals surface area contributed by atoms with Crippen molar-refractivity contribution in [2.75, 3.05) is 20.2 Å². The van der Waals surface area contributed by atoms with Gasteiger partial charge in [-0.2, -0.15) is 0 Å². The Morgan fingerprint density at radius 1 is 1.50 bits per heavy atom. The van der Waals surface area contributed by atoms with Gasteiger partial charge >= 0.3 is 5.97 Å². The summed E-state index contributed by atoms with van der Waals surface area (Å²) in [6.45, 7) is 4.21. The van der Waals surface area contributed by atoms with Gasteiger partial charge in [0.2, 0.25) is 6.10 Å². The minimum Gasteiger partial charge on any atom is -0.469 e. The molecule has 2 atom stereocenters. The molecular weight excluding hydrogens is 315 g/mol. The lowest BCUT2D eigenvalue weighted by atomic mass is 10.0. The summed E-state index contributed by atoms with van der Waals surface area (Å²) >= 11 is 0. The van der Waals surface area contributed by atoms with Crippen molar-refractivity contribution in [3.8, 4) is 0 Å². The second-order valence-electron chi connectivity index (χ2n) is 5.65. The number of carbonyl (C=O) groups is 2. The molecule has 7 heteroatoms. The number of hydrogen-bond acceptors (Lipinski definition) is 5. The third-order valence-corrected chi connectivity index (χ3v) is 3.89. The van der Waals surface area contributed by atoms with E-state index in [4.69, 9.17) is 4.84 Å². The van der Waals surface area contributed by atoms with Gasteiger partial charge in [-0.05, 0) is 19.1 Å². The van der Waals surface area contributed by atoms with Crippen molar-refractivity contribution in [1.82, 2.24) is 4.90 Å². The molecule has 0 N–H and O–H groups in total. The highest BCUT2D eigenvalue weighted by molar-refractivity contribution is 6.04. The summed E-state index contributed by atoms with van der Waals surface area (Å²) in [7, 11) is 1.32. The van der Waals surface area contributed by atoms with Crippen LogP contribution in [0.1, 0.15) is 25.8 Å². The van der Waals surface area contributed by atoms with Crippen LogP contribution >= 0.6 is 0 Å². The van der Waals surface area contributed by atoms with Crippen LogP contribution in [0.3, 0.4) is 0 Å². The van der Waals surface area contributed by atoms with Crippen molar-refractivity contribution in [3.63, 3.8) is 0 Å². The van der Waals surface area contributed by atoms with Gasteiger partial charge in [-0.25, -0.2) is 4.39 Å². The Kier molecular flexibility index (Phi) is 5.89. The lowest BCUT2D eigenvalue weighted by Crippen LogP contribution is -2.42. The third-order valence-electron chi connectivity index (χ3n) is 3.89. The van der Waals surface area contributed by atoms with Crippen LogP contribution in [0.15, 0.2) is 29.4 Å². The molecule has 0 saturated heterocycles. The van der Waals surface area contributed by atoms with Crippen molar-refractivity contribution in [1.29, 1.82) is 0 Å². The van der Waals surface area contributed by atoms with Crippen LogP contribution in [0.2, 0.25) is 0 Å². The lowest BCUT2D eigenvalue weighted by molar-refractivity contribution is -0.148. The maximum atomic E-state index is 13.3. The van der Waals surface area contributed by atoms with E-state index in [1.165, 1.54) is 24.1 Å². The van der Waals surface area contributed by atoms with E-state index in [2.05, 4.69) is 9.89 Å². The van der Waals surface area contributed by atoms with E-state index in [1.54, 1.807) is 19.1 Å². The van der Waals surface area contributed by atoms with Gasteiger partial charge in [-0.3, -0.25) is 9.59 Å². The quantitative estimate of drug-likeness (QED) is 0.745. The first-order valence-corrected chi connectivity index (χ1v) is 7.81. The summed E-state index contributed by atoms with van der Waals surface area (Å²) in [5, 5.41) is 3.91. The van der Waals surface area contributed by atoms with Crippen LogP contribution in [0.25, 0.3) is 0 Å². The van der Waals surface area contributed by atoms with Gasteiger partial charge in [0.25, 0.3) is 5.91 Å². The molecule has 2 rings (SSSR count). The van der Waals surface area contributed by atoms with Gasteiger partial charge in [0.15, 0.2) is 0 Å². The van der Waals surface area contributed by atoms with Gasteiger partial charge in [-0.1, -0.05) is 24.2 Å². The van der Waals surface area contributed by atoms with E-state index in [9.17, 15) is 14.0 Å². The third kappa shape index (κ3) is 4.10. The molecule has 0 spiro atoms. The molecule has 1 aromatic carbocycles. The molecule has 0 fully saturated rings. The largest absolute Gasteiger partial charge is 0.469 e. The number of carbonyl (C=O) groups excluding carboxylic acids is 2. The van der Waals surface area contributed by atoms with E-state index in [0.29, 0.717) is 17.8 Å². The Balaban J connectivity index is 1.99. The molecule has 0 radical (unpaired) electrons. The van der Waals surface area contributed by atoms with Gasteiger partial charge in [-0.15, -0.1) is 0 Å². The second-order valence-corrected chi connectivity index (χ2v) is 5.65. The fourth-order valence-corrected chi connectivity index (χ4v) is 2.53. The van der Waals surface area contributed by atoms with Crippen LogP contribution < -0.4 is 0 Å². The first-order chi connectivity index (χ1) is 11.5. The monoisotopic (exact) mass is 336 g/mol. The average molecular weight is 336 g/mol. The number of likely N-dealkylation sites (N-methyl/N-ethyl adjacent to an activating group) is 1. The number of amides is 1. The van der Waals surface area contributed by atoms with Crippen molar-refractivity contribution >= 4 is 17.6 Å². The molecule has 1 heterocycles. The number of halogens is 1. The van der Waals surface area contributed by atoms with E-state index in [-0.39, 0.29) is 30.7 Å². The number of nitrogens with zero attached hydrogens (tertiary/aromatic N) is 2. The van der Waals surface area contributed by atoms with Gasteiger partial charge in [0.05, 0.1) is 18.7 Å². The number of benzene rings is 1. The molecule has 0 bridgehead atoms. The zero-order valence-electron chi connectivity index (χ0n) is 14.0. The van der Waals surface area contributed by atoms with Gasteiger partial charge in [0.1, 0.15) is 5.82 Å². The van der Waals surface area contributed by atoms with Crippen molar-refractivity contribution in [2.24, 2.45) is 11.1 Å². The summed E-state index contributed by atoms with van der Waals surface area (Å²) < 4.78 is 18.0. The van der Waals surface area contributed by atoms with Crippen LogP contribution in [-0.4, -0.2) is 48.8 Å². The van der Waals surface area contributed by atoms with E-state index < -0.39 is 12.0 Å². The first kappa shape index (κ1) is 17.9. The minimum absolute atomic E-state index is 0.247. The normalized spacial score (nSPS) is 17.7. The average Bonchev–Trinajstić information content (AvgIpc) is 3.08. The van der Waals surface area contributed by atoms with Crippen LogP contribution in [0, 0.1) is 11.7 Å². The smallest absolute Gasteiger partial charge is 0.310 e. The maximum absolute atomic E-state index is 13.3. The van der Waals surface area contributed by atoms with E-state index >= 15 is 0 Å². The lowest BCUT2D eigenvalue weighted by Gasteiger charge is -2.25. The molecule has 6 nitrogen and oxygen atoms in total. The highest BCUT2D eigenvalue weighted by Crippen LogP contribution is 2.19. The number of esters is 1. The van der Waals surface area contributed by atoms with E-state index in [1.807, 2.05) is 6.92 Å². The molecule has 0 aliphatic carbocycles. The topological polar surface area (TPSA) is 68.2 Å². The number of ether oxygens (including phenoxy) is 1. The zero-order valence-corrected chi connectivity index (χ0v) is 14.0. The second kappa shape index (κ2) is 7.90. The summed E-state index contributed by atoms with van der Waals surface area (Å²) in [5.41, 5.74) is 1.13. The van der Waals surface area contributed by atoms with Crippen molar-refractivity contribution in [3.05, 3.63) is 35.6 Å². The van der Waals surface area contributed by atoms with Crippen LogP contribution in [0.5, 0.6) is 0 Å². The number of methoxy groups -OCH3 is 1. The summed E-state index contributed by atoms with van der Waals surface area (Å²) in [6.07, 6.45) is -0.487. The molecule has 1 aromatic rings. The molecule has 1 amide bonds. The van der Waals surface area contributed by atoms with Crippen molar-refractivity contribution < 1.29 is 23.6 Å². The Labute approximate surface area is 140 Å². The molecule has 0 aromatic heterocycles. The Morgan fingerprint density at radius 2 is 2.25 bits per heavy atom. The molecule has 0 saturated carbocycles. The highest BCUT2D eigenvalue weighted by atomic mass is 19.1. The summed E-state index contributed by atoms with van der Waals surface area (Å²) in [5.74, 6) is -1.41. The molecule has 1 aliphatic heterocycles. The number of oxime groups is 1. The Morgan fingerprint density at radius 3 is 2.88 bits per heavy atom. The Bertz CT molecular complexity index is 647. The van der Waals surface area contributed by atoms with Crippen molar-refractivity contribution in [2.45, 2.75) is 26.4 Å². The molecule has 130 valence electrons. The summed E-state index contributed by atoms with van der Waals surface area (Å²) in [6, 6.07) is 6.00. The fourth-order valence-electron chi connectivity index (χ4n) is 2.53. The first-order valence-electron chi connectivity index (χ1n) is 7.81.